The zero-order valence-corrected chi connectivity index (χ0v) is 10.2. The highest BCUT2D eigenvalue weighted by molar-refractivity contribution is 5.89. The molecule has 2 rings (SSSR count). The third-order valence-electron chi connectivity index (χ3n) is 2.56. The lowest BCUT2D eigenvalue weighted by atomic mass is 10.2. The lowest BCUT2D eigenvalue weighted by molar-refractivity contribution is 0.0697. The highest BCUT2D eigenvalue weighted by Crippen LogP contribution is 2.24. The first-order chi connectivity index (χ1) is 9.10. The summed E-state index contributed by atoms with van der Waals surface area (Å²) in [7, 11) is 1.46. The summed E-state index contributed by atoms with van der Waals surface area (Å²) in [5.74, 6) is -1.08. The summed E-state index contributed by atoms with van der Waals surface area (Å²) in [5.41, 5.74) is 0.895. The molecule has 0 aliphatic carbocycles. The second-order valence-electron chi connectivity index (χ2n) is 3.86. The minimum absolute atomic E-state index is 0.138. The lowest BCUT2D eigenvalue weighted by Crippen LogP contribution is -1.99. The van der Waals surface area contributed by atoms with Crippen LogP contribution in [0.3, 0.4) is 0 Å². The fourth-order valence-electron chi connectivity index (χ4n) is 1.61. The van der Waals surface area contributed by atoms with E-state index in [1.54, 1.807) is 18.2 Å². The van der Waals surface area contributed by atoms with E-state index in [9.17, 15) is 9.18 Å². The smallest absolute Gasteiger partial charge is 0.335 e. The monoisotopic (exact) mass is 261 g/mol. The van der Waals surface area contributed by atoms with Crippen LogP contribution in [-0.2, 0) is 0 Å². The molecule has 0 unspecified atom stereocenters. The molecule has 0 fully saturated rings. The molecule has 0 spiro atoms. The van der Waals surface area contributed by atoms with Gasteiger partial charge in [0.2, 0.25) is 0 Å². The Labute approximate surface area is 109 Å². The van der Waals surface area contributed by atoms with E-state index in [0.29, 0.717) is 11.4 Å². The van der Waals surface area contributed by atoms with Crippen LogP contribution in [-0.4, -0.2) is 18.2 Å². The van der Waals surface area contributed by atoms with Crippen LogP contribution in [0.4, 0.5) is 15.8 Å². The van der Waals surface area contributed by atoms with E-state index >= 15 is 0 Å². The summed E-state index contributed by atoms with van der Waals surface area (Å²) in [5, 5.41) is 11.7. The van der Waals surface area contributed by atoms with E-state index in [1.807, 2.05) is 0 Å². The number of aromatic carboxylic acids is 1. The van der Waals surface area contributed by atoms with Crippen molar-refractivity contribution in [3.8, 4) is 5.75 Å². The number of benzene rings is 2. The molecule has 0 saturated carbocycles. The zero-order valence-electron chi connectivity index (χ0n) is 10.2. The summed E-state index contributed by atoms with van der Waals surface area (Å²) >= 11 is 0. The number of nitrogens with one attached hydrogen (secondary N) is 1. The second kappa shape index (κ2) is 5.39. The third-order valence-corrected chi connectivity index (χ3v) is 2.56. The quantitative estimate of drug-likeness (QED) is 0.886. The number of carboxylic acid groups (broad SMARTS) is 1. The van der Waals surface area contributed by atoms with Crippen molar-refractivity contribution in [3.05, 3.63) is 53.8 Å². The largest absolute Gasteiger partial charge is 0.497 e. The molecule has 0 aromatic heterocycles. The summed E-state index contributed by atoms with van der Waals surface area (Å²) in [6.07, 6.45) is 0. The summed E-state index contributed by atoms with van der Waals surface area (Å²) in [6.45, 7) is 0. The first-order valence-electron chi connectivity index (χ1n) is 5.54. The minimum Gasteiger partial charge on any atom is -0.497 e. The Morgan fingerprint density at radius 2 is 2.05 bits per heavy atom. The number of carbonyl (C=O) groups is 1. The molecule has 2 N–H and O–H groups in total. The zero-order chi connectivity index (χ0) is 13.8. The molecule has 0 heterocycles. The Hall–Kier alpha value is -2.56. The number of ether oxygens (including phenoxy) is 1. The molecule has 0 bridgehead atoms. The van der Waals surface area contributed by atoms with Crippen molar-refractivity contribution < 1.29 is 19.0 Å². The topological polar surface area (TPSA) is 58.6 Å². The maximum absolute atomic E-state index is 13.7. The van der Waals surface area contributed by atoms with Gasteiger partial charge in [-0.3, -0.25) is 0 Å². The van der Waals surface area contributed by atoms with Crippen molar-refractivity contribution in [1.82, 2.24) is 0 Å². The fourth-order valence-corrected chi connectivity index (χ4v) is 1.61. The SMILES string of the molecule is COc1ccc(Nc2cccc(C(=O)O)c2)c(F)c1. The van der Waals surface area contributed by atoms with Crippen molar-refractivity contribution in [2.24, 2.45) is 0 Å². The summed E-state index contributed by atoms with van der Waals surface area (Å²) in [6, 6.07) is 10.6. The Balaban J connectivity index is 2.26. The van der Waals surface area contributed by atoms with E-state index in [1.165, 1.54) is 31.4 Å². The molecule has 2 aromatic carbocycles. The van der Waals surface area contributed by atoms with Crippen LogP contribution in [0, 0.1) is 5.82 Å². The number of carboxylic acids is 1. The molecule has 19 heavy (non-hydrogen) atoms. The molecule has 0 aliphatic rings. The van der Waals surface area contributed by atoms with E-state index in [0.717, 1.165) is 0 Å². The van der Waals surface area contributed by atoms with E-state index in [4.69, 9.17) is 9.84 Å². The molecule has 4 nitrogen and oxygen atoms in total. The minimum atomic E-state index is -1.03. The van der Waals surface area contributed by atoms with E-state index in [2.05, 4.69) is 5.32 Å². The highest BCUT2D eigenvalue weighted by atomic mass is 19.1. The van der Waals surface area contributed by atoms with Gasteiger partial charge in [-0.25, -0.2) is 9.18 Å². The van der Waals surface area contributed by atoms with Crippen molar-refractivity contribution in [2.45, 2.75) is 0 Å². The number of rotatable bonds is 4. The van der Waals surface area contributed by atoms with Crippen LogP contribution in [0.25, 0.3) is 0 Å². The normalized spacial score (nSPS) is 10.0. The van der Waals surface area contributed by atoms with Crippen LogP contribution in [0.1, 0.15) is 10.4 Å². The van der Waals surface area contributed by atoms with Crippen LogP contribution >= 0.6 is 0 Å². The molecule has 0 amide bonds. The molecule has 0 atom stereocenters. The van der Waals surface area contributed by atoms with Gasteiger partial charge in [0.15, 0.2) is 0 Å². The Morgan fingerprint density at radius 3 is 2.68 bits per heavy atom. The van der Waals surface area contributed by atoms with Gasteiger partial charge in [-0.05, 0) is 30.3 Å². The number of methoxy groups -OCH3 is 1. The molecule has 0 radical (unpaired) electrons. The lowest BCUT2D eigenvalue weighted by Gasteiger charge is -2.09. The molecule has 5 heteroatoms. The van der Waals surface area contributed by atoms with Gasteiger partial charge in [0.1, 0.15) is 11.6 Å². The van der Waals surface area contributed by atoms with Crippen LogP contribution in [0.5, 0.6) is 5.75 Å². The molecular formula is C14H12FNO3. The van der Waals surface area contributed by atoms with Gasteiger partial charge in [-0.1, -0.05) is 6.07 Å². The predicted molar refractivity (Wildman–Crippen MR) is 69.6 cm³/mol. The van der Waals surface area contributed by atoms with E-state index < -0.39 is 11.8 Å². The molecule has 98 valence electrons. The molecule has 0 aliphatic heterocycles. The molecular weight excluding hydrogens is 249 g/mol. The third kappa shape index (κ3) is 3.01. The first kappa shape index (κ1) is 12.9. The van der Waals surface area contributed by atoms with Gasteiger partial charge in [-0.2, -0.15) is 0 Å². The maximum Gasteiger partial charge on any atom is 0.335 e. The highest BCUT2D eigenvalue weighted by Gasteiger charge is 2.06. The van der Waals surface area contributed by atoms with E-state index in [-0.39, 0.29) is 11.3 Å². The van der Waals surface area contributed by atoms with Crippen LogP contribution < -0.4 is 10.1 Å². The first-order valence-corrected chi connectivity index (χ1v) is 5.54. The average molecular weight is 261 g/mol. The number of hydrogen-bond acceptors (Lipinski definition) is 3. The van der Waals surface area contributed by atoms with Crippen molar-refractivity contribution in [3.63, 3.8) is 0 Å². The standard InChI is InChI=1S/C14H12FNO3/c1-19-11-5-6-13(12(15)8-11)16-10-4-2-3-9(7-10)14(17)18/h2-8,16H,1H3,(H,17,18). The van der Waals surface area contributed by atoms with Crippen LogP contribution in [0.2, 0.25) is 0 Å². The maximum atomic E-state index is 13.7. The second-order valence-corrected chi connectivity index (χ2v) is 3.86. The van der Waals surface area contributed by atoms with Gasteiger partial charge >= 0.3 is 5.97 Å². The van der Waals surface area contributed by atoms with Crippen molar-refractivity contribution >= 4 is 17.3 Å². The van der Waals surface area contributed by atoms with Crippen molar-refractivity contribution in [1.29, 1.82) is 0 Å². The average Bonchev–Trinajstić information content (AvgIpc) is 2.41. The predicted octanol–water partition coefficient (Wildman–Crippen LogP) is 3.28. The molecule has 2 aromatic rings. The number of anilines is 2. The van der Waals surface area contributed by atoms with Crippen molar-refractivity contribution in [2.75, 3.05) is 12.4 Å². The van der Waals surface area contributed by atoms with Gasteiger partial charge in [0, 0.05) is 11.8 Å². The molecule has 0 saturated heterocycles. The fraction of sp³-hybridized carbons (Fsp3) is 0.0714. The summed E-state index contributed by atoms with van der Waals surface area (Å²) in [4.78, 5) is 10.8. The van der Waals surface area contributed by atoms with Gasteiger partial charge in [-0.15, -0.1) is 0 Å². The Kier molecular flexibility index (Phi) is 3.66. The van der Waals surface area contributed by atoms with Crippen LogP contribution in [0.15, 0.2) is 42.5 Å². The Bertz CT molecular complexity index is 613. The number of halogens is 1. The van der Waals surface area contributed by atoms with Gasteiger partial charge in [0.05, 0.1) is 18.4 Å². The summed E-state index contributed by atoms with van der Waals surface area (Å²) < 4.78 is 18.6. The van der Waals surface area contributed by atoms with Gasteiger partial charge in [0.25, 0.3) is 0 Å². The van der Waals surface area contributed by atoms with Gasteiger partial charge < -0.3 is 15.2 Å². The number of hydrogen-bond donors (Lipinski definition) is 2. The Morgan fingerprint density at radius 1 is 1.26 bits per heavy atom.